The molecule has 1 amide bonds. The van der Waals surface area contributed by atoms with Crippen molar-refractivity contribution in [1.29, 1.82) is 0 Å². The average molecular weight is 209 g/mol. The summed E-state index contributed by atoms with van der Waals surface area (Å²) in [5, 5.41) is 8.92. The van der Waals surface area contributed by atoms with Crippen molar-refractivity contribution in [3.8, 4) is 0 Å². The minimum atomic E-state index is -1.05. The predicted molar refractivity (Wildman–Crippen MR) is 53.3 cm³/mol. The van der Waals surface area contributed by atoms with Gasteiger partial charge in [0.25, 0.3) is 0 Å². The van der Waals surface area contributed by atoms with Crippen LogP contribution in [0, 0.1) is 0 Å². The van der Waals surface area contributed by atoms with E-state index >= 15 is 0 Å². The number of hydrogen-bond acceptors (Lipinski definition) is 1. The van der Waals surface area contributed by atoms with E-state index in [1.807, 2.05) is 30.3 Å². The van der Waals surface area contributed by atoms with E-state index in [1.54, 1.807) is 0 Å². The molecule has 0 aromatic heterocycles. The zero-order valence-corrected chi connectivity index (χ0v) is 8.14. The van der Waals surface area contributed by atoms with E-state index in [9.17, 15) is 9.18 Å². The predicted octanol–water partition coefficient (Wildman–Crippen LogP) is 2.28. The van der Waals surface area contributed by atoms with Crippen LogP contribution in [0.15, 0.2) is 30.3 Å². The van der Waals surface area contributed by atoms with Crippen LogP contribution in [0.5, 0.6) is 0 Å². The Morgan fingerprint density at radius 2 is 2.07 bits per heavy atom. The van der Waals surface area contributed by atoms with Crippen LogP contribution in [0.25, 0.3) is 0 Å². The smallest absolute Gasteiger partial charge is 0.407 e. The SMILES string of the molecule is O=C(O)N(Cc1ccccc1)C1CC1F. The van der Waals surface area contributed by atoms with Gasteiger partial charge in [-0.1, -0.05) is 30.3 Å². The van der Waals surface area contributed by atoms with Crippen molar-refractivity contribution in [1.82, 2.24) is 4.90 Å². The van der Waals surface area contributed by atoms with Gasteiger partial charge >= 0.3 is 6.09 Å². The zero-order valence-electron chi connectivity index (χ0n) is 8.14. The lowest BCUT2D eigenvalue weighted by molar-refractivity contribution is 0.134. The van der Waals surface area contributed by atoms with E-state index in [4.69, 9.17) is 5.11 Å². The highest BCUT2D eigenvalue weighted by atomic mass is 19.1. The second kappa shape index (κ2) is 3.88. The molecule has 0 radical (unpaired) electrons. The Kier molecular flexibility index (Phi) is 2.58. The zero-order chi connectivity index (χ0) is 10.8. The lowest BCUT2D eigenvalue weighted by Gasteiger charge is -2.18. The maximum atomic E-state index is 12.8. The molecule has 1 saturated carbocycles. The second-order valence-electron chi connectivity index (χ2n) is 3.72. The van der Waals surface area contributed by atoms with Crippen LogP contribution in [0.2, 0.25) is 0 Å². The van der Waals surface area contributed by atoms with Crippen LogP contribution < -0.4 is 0 Å². The fourth-order valence-corrected chi connectivity index (χ4v) is 1.58. The topological polar surface area (TPSA) is 40.5 Å². The van der Waals surface area contributed by atoms with Crippen LogP contribution in [0.3, 0.4) is 0 Å². The first kappa shape index (κ1) is 9.96. The molecule has 3 nitrogen and oxygen atoms in total. The quantitative estimate of drug-likeness (QED) is 0.829. The summed E-state index contributed by atoms with van der Waals surface area (Å²) in [7, 11) is 0. The van der Waals surface area contributed by atoms with E-state index in [1.165, 1.54) is 4.90 Å². The normalized spacial score (nSPS) is 23.5. The standard InChI is InChI=1S/C11H12FNO2/c12-9-6-10(9)13(11(14)15)7-8-4-2-1-3-5-8/h1-5,9-10H,6-7H2,(H,14,15). The van der Waals surface area contributed by atoms with E-state index in [0.29, 0.717) is 6.42 Å². The van der Waals surface area contributed by atoms with Gasteiger partial charge in [0.15, 0.2) is 0 Å². The van der Waals surface area contributed by atoms with Gasteiger partial charge in [0.05, 0.1) is 6.04 Å². The summed E-state index contributed by atoms with van der Waals surface area (Å²) in [6.07, 6.45) is -1.70. The molecule has 15 heavy (non-hydrogen) atoms. The molecule has 1 aromatic carbocycles. The van der Waals surface area contributed by atoms with Gasteiger partial charge in [0.2, 0.25) is 0 Å². The van der Waals surface area contributed by atoms with Gasteiger partial charge < -0.3 is 5.11 Å². The van der Waals surface area contributed by atoms with Gasteiger partial charge in [0, 0.05) is 13.0 Å². The molecule has 2 unspecified atom stereocenters. The van der Waals surface area contributed by atoms with Gasteiger partial charge in [0.1, 0.15) is 6.17 Å². The molecular formula is C11H12FNO2. The first-order chi connectivity index (χ1) is 7.18. The largest absolute Gasteiger partial charge is 0.465 e. The van der Waals surface area contributed by atoms with Crippen molar-refractivity contribution in [3.05, 3.63) is 35.9 Å². The first-order valence-corrected chi connectivity index (χ1v) is 4.86. The number of rotatable bonds is 3. The molecule has 1 aliphatic carbocycles. The van der Waals surface area contributed by atoms with Crippen LogP contribution in [-0.2, 0) is 6.54 Å². The molecule has 0 heterocycles. The Morgan fingerprint density at radius 1 is 1.47 bits per heavy atom. The Bertz CT molecular complexity index is 355. The van der Waals surface area contributed by atoms with Gasteiger partial charge in [-0.25, -0.2) is 9.18 Å². The number of benzene rings is 1. The van der Waals surface area contributed by atoms with Crippen molar-refractivity contribution in [2.45, 2.75) is 25.2 Å². The molecule has 0 saturated heterocycles. The molecule has 2 rings (SSSR count). The van der Waals surface area contributed by atoms with Crippen LogP contribution in [0.1, 0.15) is 12.0 Å². The molecular weight excluding hydrogens is 197 g/mol. The van der Waals surface area contributed by atoms with Gasteiger partial charge in [-0.3, -0.25) is 4.90 Å². The Balaban J connectivity index is 2.04. The average Bonchev–Trinajstić information content (AvgIpc) is 2.93. The second-order valence-corrected chi connectivity index (χ2v) is 3.72. The van der Waals surface area contributed by atoms with Crippen LogP contribution in [0.4, 0.5) is 9.18 Å². The summed E-state index contributed by atoms with van der Waals surface area (Å²) >= 11 is 0. The molecule has 1 aliphatic rings. The van der Waals surface area contributed by atoms with Crippen molar-refractivity contribution >= 4 is 6.09 Å². The Morgan fingerprint density at radius 3 is 2.53 bits per heavy atom. The highest BCUT2D eigenvalue weighted by molar-refractivity contribution is 5.66. The summed E-state index contributed by atoms with van der Waals surface area (Å²) in [5.74, 6) is 0. The Labute approximate surface area is 87.1 Å². The fourth-order valence-electron chi connectivity index (χ4n) is 1.58. The third-order valence-electron chi connectivity index (χ3n) is 2.52. The molecule has 0 bridgehead atoms. The maximum Gasteiger partial charge on any atom is 0.407 e. The molecule has 1 fully saturated rings. The van der Waals surface area contributed by atoms with Crippen LogP contribution >= 0.6 is 0 Å². The molecule has 80 valence electrons. The number of hydrogen-bond donors (Lipinski definition) is 1. The first-order valence-electron chi connectivity index (χ1n) is 4.86. The fraction of sp³-hybridized carbons (Fsp3) is 0.364. The van der Waals surface area contributed by atoms with Gasteiger partial charge in [-0.2, -0.15) is 0 Å². The van der Waals surface area contributed by atoms with Crippen molar-refractivity contribution in [2.24, 2.45) is 0 Å². The molecule has 2 atom stereocenters. The monoisotopic (exact) mass is 209 g/mol. The summed E-state index contributed by atoms with van der Waals surface area (Å²) in [6.45, 7) is 0.265. The molecule has 0 aliphatic heterocycles. The van der Waals surface area contributed by atoms with Crippen molar-refractivity contribution in [2.75, 3.05) is 0 Å². The van der Waals surface area contributed by atoms with Gasteiger partial charge in [-0.15, -0.1) is 0 Å². The van der Waals surface area contributed by atoms with Crippen molar-refractivity contribution < 1.29 is 14.3 Å². The minimum Gasteiger partial charge on any atom is -0.465 e. The third-order valence-corrected chi connectivity index (χ3v) is 2.52. The molecule has 0 spiro atoms. The highest BCUT2D eigenvalue weighted by Gasteiger charge is 2.44. The number of carbonyl (C=O) groups is 1. The number of alkyl halides is 1. The van der Waals surface area contributed by atoms with E-state index in [0.717, 1.165) is 5.56 Å². The Hall–Kier alpha value is -1.58. The lowest BCUT2D eigenvalue weighted by atomic mass is 10.2. The van der Waals surface area contributed by atoms with Crippen molar-refractivity contribution in [3.63, 3.8) is 0 Å². The van der Waals surface area contributed by atoms with Gasteiger partial charge in [-0.05, 0) is 5.56 Å². The lowest BCUT2D eigenvalue weighted by Crippen LogP contribution is -2.32. The maximum absolute atomic E-state index is 12.8. The number of halogens is 1. The summed E-state index contributed by atoms with van der Waals surface area (Å²) in [5.41, 5.74) is 0.888. The third kappa shape index (κ3) is 2.26. The number of carboxylic acid groups (broad SMARTS) is 1. The van der Waals surface area contributed by atoms with E-state index in [2.05, 4.69) is 0 Å². The van der Waals surface area contributed by atoms with Crippen LogP contribution in [-0.4, -0.2) is 28.3 Å². The molecule has 1 aromatic rings. The summed E-state index contributed by atoms with van der Waals surface area (Å²) < 4.78 is 12.8. The van der Waals surface area contributed by atoms with E-state index in [-0.39, 0.29) is 6.54 Å². The highest BCUT2D eigenvalue weighted by Crippen LogP contribution is 2.32. The number of amides is 1. The molecule has 4 heteroatoms. The number of nitrogens with zero attached hydrogens (tertiary/aromatic N) is 1. The minimum absolute atomic E-state index is 0.265. The summed E-state index contributed by atoms with van der Waals surface area (Å²) in [4.78, 5) is 12.1. The summed E-state index contributed by atoms with van der Waals surface area (Å²) in [6, 6.07) is 8.79. The van der Waals surface area contributed by atoms with E-state index < -0.39 is 18.3 Å². The molecule has 1 N–H and O–H groups in total.